The number of carboxylic acids is 1. The largest absolute Gasteiger partial charge is 0.481 e. The van der Waals surface area contributed by atoms with Crippen LogP contribution in [0.15, 0.2) is 0 Å². The molecule has 0 heterocycles. The van der Waals surface area contributed by atoms with Crippen LogP contribution in [0.4, 0.5) is 0 Å². The first-order chi connectivity index (χ1) is 6.15. The molecular formula is C12H24O2. The Bertz CT molecular complexity index is 174. The van der Waals surface area contributed by atoms with E-state index in [2.05, 4.69) is 27.7 Å². The summed E-state index contributed by atoms with van der Waals surface area (Å²) in [5.74, 6) is -0.833. The normalized spacial score (nSPS) is 23.2. The number of carbonyl (C=O) groups is 1. The van der Waals surface area contributed by atoms with Crippen molar-refractivity contribution in [1.29, 1.82) is 0 Å². The Morgan fingerprint density at radius 3 is 1.50 bits per heavy atom. The molecule has 0 bridgehead atoms. The van der Waals surface area contributed by atoms with Gasteiger partial charge in [-0.3, -0.25) is 4.79 Å². The monoisotopic (exact) mass is 200 g/mol. The molecule has 1 aliphatic carbocycles. The highest BCUT2D eigenvalue weighted by molar-refractivity contribution is 5.62. The topological polar surface area (TPSA) is 37.3 Å². The van der Waals surface area contributed by atoms with Gasteiger partial charge in [0.15, 0.2) is 0 Å². The van der Waals surface area contributed by atoms with Gasteiger partial charge in [-0.05, 0) is 30.1 Å². The van der Waals surface area contributed by atoms with E-state index < -0.39 is 5.97 Å². The van der Waals surface area contributed by atoms with Crippen molar-refractivity contribution >= 4 is 5.97 Å². The van der Waals surface area contributed by atoms with Crippen molar-refractivity contribution in [2.24, 2.45) is 10.8 Å². The van der Waals surface area contributed by atoms with E-state index in [0.29, 0.717) is 10.8 Å². The standard InChI is InChI=1S/C10H20.C2H4O2/c1-9(2)6-5-7-10(3,4)8-9;1-2(3)4/h5-8H2,1-4H3;1H3,(H,3,4). The second kappa shape index (κ2) is 4.81. The molecule has 0 unspecified atom stereocenters. The van der Waals surface area contributed by atoms with Crippen molar-refractivity contribution < 1.29 is 9.90 Å². The van der Waals surface area contributed by atoms with Crippen LogP contribution in [0.5, 0.6) is 0 Å². The molecule has 1 fully saturated rings. The molecule has 0 atom stereocenters. The minimum absolute atomic E-state index is 0.613. The van der Waals surface area contributed by atoms with Crippen LogP contribution in [0.25, 0.3) is 0 Å². The lowest BCUT2D eigenvalue weighted by molar-refractivity contribution is -0.134. The van der Waals surface area contributed by atoms with Crippen LogP contribution in [0.1, 0.15) is 60.3 Å². The Kier molecular flexibility index (Phi) is 4.63. The van der Waals surface area contributed by atoms with Gasteiger partial charge in [0.2, 0.25) is 0 Å². The molecule has 1 N–H and O–H groups in total. The van der Waals surface area contributed by atoms with Crippen LogP contribution in [-0.4, -0.2) is 11.1 Å². The molecule has 0 radical (unpaired) electrons. The van der Waals surface area contributed by atoms with E-state index >= 15 is 0 Å². The first-order valence-corrected chi connectivity index (χ1v) is 5.34. The van der Waals surface area contributed by atoms with Gasteiger partial charge in [0.1, 0.15) is 0 Å². The molecule has 0 aliphatic heterocycles. The average Bonchev–Trinajstić information content (AvgIpc) is 1.78. The van der Waals surface area contributed by atoms with E-state index in [4.69, 9.17) is 9.90 Å². The molecule has 1 aliphatic rings. The van der Waals surface area contributed by atoms with Crippen molar-refractivity contribution in [3.8, 4) is 0 Å². The van der Waals surface area contributed by atoms with Crippen molar-refractivity contribution in [3.05, 3.63) is 0 Å². The quantitative estimate of drug-likeness (QED) is 0.647. The molecule has 0 spiro atoms. The maximum Gasteiger partial charge on any atom is 0.300 e. The first kappa shape index (κ1) is 13.5. The Hall–Kier alpha value is -0.530. The average molecular weight is 200 g/mol. The van der Waals surface area contributed by atoms with Gasteiger partial charge in [-0.15, -0.1) is 0 Å². The van der Waals surface area contributed by atoms with Crippen LogP contribution in [0.3, 0.4) is 0 Å². The van der Waals surface area contributed by atoms with Crippen molar-refractivity contribution in [3.63, 3.8) is 0 Å². The summed E-state index contributed by atoms with van der Waals surface area (Å²) in [6, 6.07) is 0. The summed E-state index contributed by atoms with van der Waals surface area (Å²) >= 11 is 0. The number of aliphatic carboxylic acids is 1. The van der Waals surface area contributed by atoms with Crippen molar-refractivity contribution in [2.75, 3.05) is 0 Å². The van der Waals surface area contributed by atoms with Crippen LogP contribution in [0, 0.1) is 10.8 Å². The van der Waals surface area contributed by atoms with E-state index in [1.54, 1.807) is 0 Å². The molecule has 0 amide bonds. The second-order valence-electron chi connectivity index (χ2n) is 5.88. The lowest BCUT2D eigenvalue weighted by Crippen LogP contribution is -2.28. The molecule has 0 aromatic rings. The fourth-order valence-electron chi connectivity index (χ4n) is 2.52. The summed E-state index contributed by atoms with van der Waals surface area (Å²) in [7, 11) is 0. The number of hydrogen-bond donors (Lipinski definition) is 1. The minimum atomic E-state index is -0.833. The molecule has 14 heavy (non-hydrogen) atoms. The molecule has 2 heteroatoms. The first-order valence-electron chi connectivity index (χ1n) is 5.34. The highest BCUT2D eigenvalue weighted by Gasteiger charge is 2.32. The van der Waals surface area contributed by atoms with E-state index in [1.165, 1.54) is 25.7 Å². The lowest BCUT2D eigenvalue weighted by atomic mass is 9.65. The predicted molar refractivity (Wildman–Crippen MR) is 59.3 cm³/mol. The highest BCUT2D eigenvalue weighted by Crippen LogP contribution is 2.45. The minimum Gasteiger partial charge on any atom is -0.481 e. The lowest BCUT2D eigenvalue weighted by Gasteiger charge is -2.40. The zero-order valence-electron chi connectivity index (χ0n) is 10.2. The van der Waals surface area contributed by atoms with Crippen LogP contribution in [0.2, 0.25) is 0 Å². The molecule has 0 aromatic carbocycles. The van der Waals surface area contributed by atoms with Crippen molar-refractivity contribution in [1.82, 2.24) is 0 Å². The van der Waals surface area contributed by atoms with E-state index in [9.17, 15) is 0 Å². The zero-order valence-corrected chi connectivity index (χ0v) is 10.2. The van der Waals surface area contributed by atoms with Gasteiger partial charge in [0, 0.05) is 6.92 Å². The maximum absolute atomic E-state index is 9.00. The third kappa shape index (κ3) is 6.93. The van der Waals surface area contributed by atoms with Gasteiger partial charge in [0.05, 0.1) is 0 Å². The third-order valence-electron chi connectivity index (χ3n) is 2.66. The van der Waals surface area contributed by atoms with E-state index in [1.807, 2.05) is 0 Å². The zero-order chi connectivity index (χ0) is 11.4. The fourth-order valence-corrected chi connectivity index (χ4v) is 2.52. The number of hydrogen-bond acceptors (Lipinski definition) is 1. The molecule has 1 rings (SSSR count). The smallest absolute Gasteiger partial charge is 0.300 e. The molecular weight excluding hydrogens is 176 g/mol. The van der Waals surface area contributed by atoms with Gasteiger partial charge >= 0.3 is 0 Å². The van der Waals surface area contributed by atoms with E-state index in [-0.39, 0.29) is 0 Å². The molecule has 0 aromatic heterocycles. The Labute approximate surface area is 87.7 Å². The van der Waals surface area contributed by atoms with Gasteiger partial charge in [0.25, 0.3) is 5.97 Å². The SMILES string of the molecule is CC(=O)O.CC1(C)CCCC(C)(C)C1. The third-order valence-corrected chi connectivity index (χ3v) is 2.66. The van der Waals surface area contributed by atoms with E-state index in [0.717, 1.165) is 6.92 Å². The Balaban J connectivity index is 0.000000364. The van der Waals surface area contributed by atoms with Gasteiger partial charge in [-0.2, -0.15) is 0 Å². The summed E-state index contributed by atoms with van der Waals surface area (Å²) in [5, 5.41) is 7.42. The molecule has 0 saturated heterocycles. The van der Waals surface area contributed by atoms with Crippen LogP contribution < -0.4 is 0 Å². The highest BCUT2D eigenvalue weighted by atomic mass is 16.4. The fraction of sp³-hybridized carbons (Fsp3) is 0.917. The van der Waals surface area contributed by atoms with Crippen LogP contribution >= 0.6 is 0 Å². The number of rotatable bonds is 0. The summed E-state index contributed by atoms with van der Waals surface area (Å²) in [5.41, 5.74) is 1.23. The second-order valence-corrected chi connectivity index (χ2v) is 5.88. The predicted octanol–water partition coefficient (Wildman–Crippen LogP) is 3.70. The summed E-state index contributed by atoms with van der Waals surface area (Å²) < 4.78 is 0. The summed E-state index contributed by atoms with van der Waals surface area (Å²) in [6.07, 6.45) is 5.69. The summed E-state index contributed by atoms with van der Waals surface area (Å²) in [4.78, 5) is 9.00. The van der Waals surface area contributed by atoms with Crippen LogP contribution in [-0.2, 0) is 4.79 Å². The van der Waals surface area contributed by atoms with Gasteiger partial charge in [-0.1, -0.05) is 34.1 Å². The molecule has 84 valence electrons. The molecule has 1 saturated carbocycles. The maximum atomic E-state index is 9.00. The Morgan fingerprint density at radius 2 is 1.36 bits per heavy atom. The number of carboxylic acid groups (broad SMARTS) is 1. The van der Waals surface area contributed by atoms with Gasteiger partial charge in [-0.25, -0.2) is 0 Å². The summed E-state index contributed by atoms with van der Waals surface area (Å²) in [6.45, 7) is 10.7. The van der Waals surface area contributed by atoms with Crippen molar-refractivity contribution in [2.45, 2.75) is 60.3 Å². The Morgan fingerprint density at radius 1 is 1.07 bits per heavy atom. The molecule has 2 nitrogen and oxygen atoms in total. The van der Waals surface area contributed by atoms with Gasteiger partial charge < -0.3 is 5.11 Å².